The van der Waals surface area contributed by atoms with E-state index in [9.17, 15) is 9.18 Å². The van der Waals surface area contributed by atoms with Gasteiger partial charge < -0.3 is 4.74 Å². The fourth-order valence-corrected chi connectivity index (χ4v) is 2.15. The summed E-state index contributed by atoms with van der Waals surface area (Å²) in [7, 11) is 0. The number of carbonyl (C=O) groups is 1. The molecule has 0 radical (unpaired) electrons. The number of esters is 1. The third-order valence-corrected chi connectivity index (χ3v) is 3.03. The molecule has 1 aromatic rings. The van der Waals surface area contributed by atoms with Gasteiger partial charge in [-0.05, 0) is 31.0 Å². The average Bonchev–Trinajstić information content (AvgIpc) is 2.77. The monoisotopic (exact) mass is 252 g/mol. The third kappa shape index (κ3) is 3.05. The predicted octanol–water partition coefficient (Wildman–Crippen LogP) is 1.02. The molecule has 1 saturated heterocycles. The SMILES string of the molecule is CCOC(=O)C1CNNC1Cc1cccc(F)c1. The van der Waals surface area contributed by atoms with E-state index in [1.165, 1.54) is 12.1 Å². The van der Waals surface area contributed by atoms with Crippen LogP contribution in [-0.4, -0.2) is 25.2 Å². The quantitative estimate of drug-likeness (QED) is 0.786. The van der Waals surface area contributed by atoms with Crippen molar-refractivity contribution in [3.05, 3.63) is 35.6 Å². The minimum absolute atomic E-state index is 0.0640. The van der Waals surface area contributed by atoms with Crippen molar-refractivity contribution < 1.29 is 13.9 Å². The largest absolute Gasteiger partial charge is 0.466 e. The van der Waals surface area contributed by atoms with E-state index in [2.05, 4.69) is 10.9 Å². The van der Waals surface area contributed by atoms with Gasteiger partial charge in [-0.2, -0.15) is 0 Å². The second-order valence-corrected chi connectivity index (χ2v) is 4.32. The third-order valence-electron chi connectivity index (χ3n) is 3.03. The van der Waals surface area contributed by atoms with Crippen molar-refractivity contribution in [3.63, 3.8) is 0 Å². The molecule has 0 aliphatic carbocycles. The second kappa shape index (κ2) is 5.93. The van der Waals surface area contributed by atoms with Gasteiger partial charge in [0, 0.05) is 12.6 Å². The number of halogens is 1. The Morgan fingerprint density at radius 1 is 1.56 bits per heavy atom. The van der Waals surface area contributed by atoms with Crippen molar-refractivity contribution in [1.82, 2.24) is 10.9 Å². The summed E-state index contributed by atoms with van der Waals surface area (Å²) in [5.41, 5.74) is 6.86. The van der Waals surface area contributed by atoms with Crippen LogP contribution in [0.2, 0.25) is 0 Å². The Bertz CT molecular complexity index is 425. The lowest BCUT2D eigenvalue weighted by Gasteiger charge is -2.17. The molecular formula is C13H17FN2O2. The van der Waals surface area contributed by atoms with E-state index in [1.807, 2.05) is 6.07 Å². The van der Waals surface area contributed by atoms with Gasteiger partial charge in [-0.1, -0.05) is 12.1 Å². The van der Waals surface area contributed by atoms with Crippen LogP contribution in [0.4, 0.5) is 4.39 Å². The molecule has 1 aromatic carbocycles. The molecule has 18 heavy (non-hydrogen) atoms. The number of hydrazine groups is 1. The molecule has 1 fully saturated rings. The fourth-order valence-electron chi connectivity index (χ4n) is 2.15. The maximum atomic E-state index is 13.1. The molecule has 0 spiro atoms. The molecule has 4 nitrogen and oxygen atoms in total. The highest BCUT2D eigenvalue weighted by molar-refractivity contribution is 5.74. The van der Waals surface area contributed by atoms with E-state index in [-0.39, 0.29) is 23.7 Å². The first-order valence-corrected chi connectivity index (χ1v) is 6.10. The van der Waals surface area contributed by atoms with Crippen molar-refractivity contribution in [3.8, 4) is 0 Å². The van der Waals surface area contributed by atoms with Crippen LogP contribution >= 0.6 is 0 Å². The molecule has 2 atom stereocenters. The zero-order valence-corrected chi connectivity index (χ0v) is 10.3. The van der Waals surface area contributed by atoms with Crippen molar-refractivity contribution in [2.24, 2.45) is 5.92 Å². The van der Waals surface area contributed by atoms with Gasteiger partial charge in [-0.3, -0.25) is 15.6 Å². The maximum absolute atomic E-state index is 13.1. The number of rotatable bonds is 4. The molecule has 0 aromatic heterocycles. The lowest BCUT2D eigenvalue weighted by Crippen LogP contribution is -2.36. The van der Waals surface area contributed by atoms with Crippen LogP contribution in [0.3, 0.4) is 0 Å². The summed E-state index contributed by atoms with van der Waals surface area (Å²) in [5.74, 6) is -0.698. The summed E-state index contributed by atoms with van der Waals surface area (Å²) in [6, 6.07) is 6.36. The van der Waals surface area contributed by atoms with Gasteiger partial charge in [0.25, 0.3) is 0 Å². The lowest BCUT2D eigenvalue weighted by atomic mass is 9.95. The van der Waals surface area contributed by atoms with Gasteiger partial charge in [-0.25, -0.2) is 4.39 Å². The van der Waals surface area contributed by atoms with Gasteiger partial charge in [0.15, 0.2) is 0 Å². The number of ether oxygens (including phenoxy) is 1. The summed E-state index contributed by atoms with van der Waals surface area (Å²) >= 11 is 0. The maximum Gasteiger partial charge on any atom is 0.311 e. The number of nitrogens with one attached hydrogen (secondary N) is 2. The highest BCUT2D eigenvalue weighted by atomic mass is 19.1. The summed E-state index contributed by atoms with van der Waals surface area (Å²) in [5, 5.41) is 0. The van der Waals surface area contributed by atoms with Crippen LogP contribution in [0.25, 0.3) is 0 Å². The molecule has 1 heterocycles. The first-order chi connectivity index (χ1) is 8.70. The van der Waals surface area contributed by atoms with E-state index in [0.29, 0.717) is 19.6 Å². The van der Waals surface area contributed by atoms with Crippen LogP contribution in [0, 0.1) is 11.7 Å². The van der Waals surface area contributed by atoms with Gasteiger partial charge in [-0.15, -0.1) is 0 Å². The number of benzene rings is 1. The van der Waals surface area contributed by atoms with E-state index in [0.717, 1.165) is 5.56 Å². The standard InChI is InChI=1S/C13H17FN2O2/c1-2-18-13(17)11-8-15-16-12(11)7-9-4-3-5-10(14)6-9/h3-6,11-12,15-16H,2,7-8H2,1H3. The topological polar surface area (TPSA) is 50.4 Å². The summed E-state index contributed by atoms with van der Waals surface area (Å²) in [4.78, 5) is 11.7. The van der Waals surface area contributed by atoms with E-state index in [4.69, 9.17) is 4.74 Å². The minimum Gasteiger partial charge on any atom is -0.466 e. The molecule has 0 amide bonds. The molecule has 98 valence electrons. The summed E-state index contributed by atoms with van der Waals surface area (Å²) in [6.07, 6.45) is 0.592. The Morgan fingerprint density at radius 3 is 3.11 bits per heavy atom. The zero-order valence-electron chi connectivity index (χ0n) is 10.3. The molecule has 0 bridgehead atoms. The predicted molar refractivity (Wildman–Crippen MR) is 65.2 cm³/mol. The van der Waals surface area contributed by atoms with E-state index in [1.54, 1.807) is 13.0 Å². The van der Waals surface area contributed by atoms with Crippen LogP contribution < -0.4 is 10.9 Å². The first kappa shape index (κ1) is 13.0. The molecule has 5 heteroatoms. The summed E-state index contributed by atoms with van der Waals surface area (Å²) in [6.45, 7) is 2.70. The van der Waals surface area contributed by atoms with Crippen molar-refractivity contribution in [2.75, 3.05) is 13.2 Å². The Labute approximate surface area is 105 Å². The Kier molecular flexibility index (Phi) is 4.28. The fraction of sp³-hybridized carbons (Fsp3) is 0.462. The van der Waals surface area contributed by atoms with Crippen LogP contribution in [0.5, 0.6) is 0 Å². The smallest absolute Gasteiger partial charge is 0.311 e. The van der Waals surface area contributed by atoms with E-state index < -0.39 is 0 Å². The van der Waals surface area contributed by atoms with E-state index >= 15 is 0 Å². The van der Waals surface area contributed by atoms with Gasteiger partial charge in [0.2, 0.25) is 0 Å². The normalized spacial score (nSPS) is 23.0. The van der Waals surface area contributed by atoms with Crippen LogP contribution in [0.1, 0.15) is 12.5 Å². The Hall–Kier alpha value is -1.46. The molecule has 2 rings (SSSR count). The van der Waals surface area contributed by atoms with Crippen LogP contribution in [-0.2, 0) is 16.0 Å². The molecule has 1 aliphatic rings. The van der Waals surface area contributed by atoms with Crippen molar-refractivity contribution in [2.45, 2.75) is 19.4 Å². The van der Waals surface area contributed by atoms with Gasteiger partial charge >= 0.3 is 5.97 Å². The molecule has 0 saturated carbocycles. The molecule has 2 unspecified atom stereocenters. The van der Waals surface area contributed by atoms with Gasteiger partial charge in [0.05, 0.1) is 12.5 Å². The number of hydrogen-bond acceptors (Lipinski definition) is 4. The molecule has 1 aliphatic heterocycles. The molecular weight excluding hydrogens is 235 g/mol. The Morgan fingerprint density at radius 2 is 2.39 bits per heavy atom. The number of carbonyl (C=O) groups excluding carboxylic acids is 1. The Balaban J connectivity index is 2.01. The van der Waals surface area contributed by atoms with Crippen molar-refractivity contribution >= 4 is 5.97 Å². The first-order valence-electron chi connectivity index (χ1n) is 6.10. The van der Waals surface area contributed by atoms with Gasteiger partial charge in [0.1, 0.15) is 5.82 Å². The highest BCUT2D eigenvalue weighted by Crippen LogP contribution is 2.16. The van der Waals surface area contributed by atoms with Crippen molar-refractivity contribution in [1.29, 1.82) is 0 Å². The number of hydrogen-bond donors (Lipinski definition) is 2. The molecule has 2 N–H and O–H groups in total. The minimum atomic E-state index is -0.258. The zero-order chi connectivity index (χ0) is 13.0. The average molecular weight is 252 g/mol. The summed E-state index contributed by atoms with van der Waals surface area (Å²) < 4.78 is 18.1. The second-order valence-electron chi connectivity index (χ2n) is 4.32. The highest BCUT2D eigenvalue weighted by Gasteiger charge is 2.33. The lowest BCUT2D eigenvalue weighted by molar-refractivity contribution is -0.147. The van der Waals surface area contributed by atoms with Crippen LogP contribution in [0.15, 0.2) is 24.3 Å².